The van der Waals surface area contributed by atoms with Crippen molar-refractivity contribution >= 4 is 21.8 Å². The summed E-state index contributed by atoms with van der Waals surface area (Å²) in [6.07, 6.45) is 4.10. The molecule has 8 nitrogen and oxygen atoms in total. The highest BCUT2D eigenvalue weighted by atomic mass is 32.2. The Morgan fingerprint density at radius 3 is 2.36 bits per heavy atom. The number of hydrogen-bond donors (Lipinski definition) is 2. The van der Waals surface area contributed by atoms with Crippen LogP contribution in [0.15, 0.2) is 45.9 Å². The van der Waals surface area contributed by atoms with E-state index in [-0.39, 0.29) is 16.5 Å². The van der Waals surface area contributed by atoms with Gasteiger partial charge in [-0.25, -0.2) is 8.42 Å². The van der Waals surface area contributed by atoms with Crippen molar-refractivity contribution in [3.05, 3.63) is 53.5 Å². The van der Waals surface area contributed by atoms with E-state index in [4.69, 9.17) is 4.42 Å². The molecule has 1 aromatic carbocycles. The van der Waals surface area contributed by atoms with Gasteiger partial charge in [0.2, 0.25) is 10.0 Å². The van der Waals surface area contributed by atoms with E-state index < -0.39 is 21.8 Å². The maximum absolute atomic E-state index is 12.8. The highest BCUT2D eigenvalue weighted by molar-refractivity contribution is 7.89. The van der Waals surface area contributed by atoms with Crippen molar-refractivity contribution < 1.29 is 22.4 Å². The topological polar surface area (TPSA) is 109 Å². The van der Waals surface area contributed by atoms with Crippen molar-refractivity contribution in [2.24, 2.45) is 0 Å². The number of benzene rings is 1. The van der Waals surface area contributed by atoms with E-state index in [9.17, 15) is 18.0 Å². The summed E-state index contributed by atoms with van der Waals surface area (Å²) in [7, 11) is -3.59. The van der Waals surface area contributed by atoms with Crippen LogP contribution in [0.4, 0.5) is 0 Å². The van der Waals surface area contributed by atoms with Gasteiger partial charge in [0.05, 0.1) is 16.7 Å². The minimum atomic E-state index is -3.59. The zero-order valence-electron chi connectivity index (χ0n) is 15.8. The van der Waals surface area contributed by atoms with Crippen LogP contribution in [0, 0.1) is 6.92 Å². The third kappa shape index (κ3) is 4.10. The van der Waals surface area contributed by atoms with E-state index in [0.29, 0.717) is 17.9 Å². The van der Waals surface area contributed by atoms with Crippen LogP contribution in [-0.2, 0) is 10.0 Å². The Morgan fingerprint density at radius 1 is 1.07 bits per heavy atom. The van der Waals surface area contributed by atoms with Gasteiger partial charge in [-0.05, 0) is 57.0 Å². The van der Waals surface area contributed by atoms with Gasteiger partial charge in [0, 0.05) is 18.2 Å². The number of nitrogens with one attached hydrogen (secondary N) is 2. The molecule has 9 heteroatoms. The molecule has 0 radical (unpaired) electrons. The van der Waals surface area contributed by atoms with Gasteiger partial charge in [0.25, 0.3) is 11.8 Å². The van der Waals surface area contributed by atoms with E-state index in [1.54, 1.807) is 6.92 Å². The number of sulfonamides is 1. The second-order valence-electron chi connectivity index (χ2n) is 6.78. The van der Waals surface area contributed by atoms with Gasteiger partial charge < -0.3 is 4.42 Å². The van der Waals surface area contributed by atoms with E-state index in [1.165, 1.54) is 40.9 Å². The quantitative estimate of drug-likeness (QED) is 0.758. The van der Waals surface area contributed by atoms with Crippen LogP contribution in [0.25, 0.3) is 0 Å². The molecule has 2 amide bonds. The highest BCUT2D eigenvalue weighted by Crippen LogP contribution is 2.25. The number of piperidine rings is 1. The second kappa shape index (κ2) is 8.15. The van der Waals surface area contributed by atoms with Gasteiger partial charge in [-0.2, -0.15) is 4.31 Å². The summed E-state index contributed by atoms with van der Waals surface area (Å²) in [6.45, 7) is 4.05. The van der Waals surface area contributed by atoms with Gasteiger partial charge in [-0.15, -0.1) is 0 Å². The average Bonchev–Trinajstić information content (AvgIpc) is 3.12. The van der Waals surface area contributed by atoms with Gasteiger partial charge >= 0.3 is 0 Å². The zero-order chi connectivity index (χ0) is 20.3. The zero-order valence-corrected chi connectivity index (χ0v) is 16.6. The van der Waals surface area contributed by atoms with E-state index in [2.05, 4.69) is 10.9 Å². The Labute approximate surface area is 163 Å². The Bertz CT molecular complexity index is 966. The Balaban J connectivity index is 1.66. The fourth-order valence-electron chi connectivity index (χ4n) is 3.22. The predicted molar refractivity (Wildman–Crippen MR) is 102 cm³/mol. The third-order valence-corrected chi connectivity index (χ3v) is 6.89. The molecule has 1 saturated heterocycles. The summed E-state index contributed by atoms with van der Waals surface area (Å²) in [6, 6.07) is 7.13. The third-order valence-electron chi connectivity index (χ3n) is 4.86. The molecule has 0 bridgehead atoms. The van der Waals surface area contributed by atoms with Crippen molar-refractivity contribution in [3.63, 3.8) is 0 Å². The van der Waals surface area contributed by atoms with Crippen molar-refractivity contribution in [2.45, 2.75) is 44.0 Å². The standard InChI is InChI=1S/C19H23N3O5S/c1-13-5-3-4-11-22(13)28(25,26)16-8-6-15(7-9-16)18(23)20-21-19(24)17-10-12-27-14(17)2/h6-10,12-13H,3-5,11H2,1-2H3,(H,20,23)(H,21,24)/t13-/m1/s1. The number of hydrazine groups is 1. The first kappa shape index (κ1) is 20.1. The number of rotatable bonds is 4. The number of amides is 2. The molecule has 1 aliphatic rings. The lowest BCUT2D eigenvalue weighted by Gasteiger charge is -2.32. The molecule has 28 heavy (non-hydrogen) atoms. The molecule has 3 rings (SSSR count). The largest absolute Gasteiger partial charge is 0.469 e. The van der Waals surface area contributed by atoms with Gasteiger partial charge in [-0.1, -0.05) is 6.42 Å². The molecule has 150 valence electrons. The van der Waals surface area contributed by atoms with Crippen LogP contribution in [0.5, 0.6) is 0 Å². The molecule has 1 aromatic heterocycles. The molecular formula is C19H23N3O5S. The summed E-state index contributed by atoms with van der Waals surface area (Å²) in [4.78, 5) is 24.3. The van der Waals surface area contributed by atoms with Gasteiger partial charge in [-0.3, -0.25) is 20.4 Å². The van der Waals surface area contributed by atoms with Gasteiger partial charge in [0.1, 0.15) is 5.76 Å². The minimum absolute atomic E-state index is 0.0386. The van der Waals surface area contributed by atoms with E-state index in [0.717, 1.165) is 19.3 Å². The number of carbonyl (C=O) groups is 2. The average molecular weight is 405 g/mol. The van der Waals surface area contributed by atoms with E-state index in [1.807, 2.05) is 6.92 Å². The summed E-state index contributed by atoms with van der Waals surface area (Å²) >= 11 is 0. The Morgan fingerprint density at radius 2 is 1.75 bits per heavy atom. The summed E-state index contributed by atoms with van der Waals surface area (Å²) in [5.41, 5.74) is 5.15. The summed E-state index contributed by atoms with van der Waals surface area (Å²) in [5, 5.41) is 0. The smallest absolute Gasteiger partial charge is 0.273 e. The number of carbonyl (C=O) groups excluding carboxylic acids is 2. The molecule has 0 aliphatic carbocycles. The normalized spacial score (nSPS) is 17.9. The van der Waals surface area contributed by atoms with E-state index >= 15 is 0 Å². The fraction of sp³-hybridized carbons (Fsp3) is 0.368. The lowest BCUT2D eigenvalue weighted by atomic mass is 10.1. The monoisotopic (exact) mass is 405 g/mol. The first-order valence-electron chi connectivity index (χ1n) is 9.07. The van der Waals surface area contributed by atoms with Crippen molar-refractivity contribution in [1.82, 2.24) is 15.2 Å². The molecule has 1 fully saturated rings. The SMILES string of the molecule is Cc1occc1C(=O)NNC(=O)c1ccc(S(=O)(=O)N2CCCC[C@H]2C)cc1. The first-order valence-corrected chi connectivity index (χ1v) is 10.5. The van der Waals surface area contributed by atoms with Crippen LogP contribution in [0.1, 0.15) is 52.7 Å². The molecular weight excluding hydrogens is 382 g/mol. The fourth-order valence-corrected chi connectivity index (χ4v) is 4.92. The lowest BCUT2D eigenvalue weighted by molar-refractivity contribution is 0.0845. The Hall–Kier alpha value is -2.65. The molecule has 2 aromatic rings. The molecule has 2 N–H and O–H groups in total. The predicted octanol–water partition coefficient (Wildman–Crippen LogP) is 2.23. The molecule has 0 unspecified atom stereocenters. The maximum Gasteiger partial charge on any atom is 0.273 e. The van der Waals surface area contributed by atoms with Crippen molar-refractivity contribution in [1.29, 1.82) is 0 Å². The van der Waals surface area contributed by atoms with Crippen molar-refractivity contribution in [2.75, 3.05) is 6.54 Å². The maximum atomic E-state index is 12.8. The molecule has 0 spiro atoms. The number of hydrogen-bond acceptors (Lipinski definition) is 5. The molecule has 0 saturated carbocycles. The molecule has 1 aliphatic heterocycles. The van der Waals surface area contributed by atoms with Crippen LogP contribution in [0.3, 0.4) is 0 Å². The number of aryl methyl sites for hydroxylation is 1. The summed E-state index contributed by atoms with van der Waals surface area (Å²) < 4.78 is 32.2. The van der Waals surface area contributed by atoms with Crippen LogP contribution >= 0.6 is 0 Å². The van der Waals surface area contributed by atoms with Crippen LogP contribution in [-0.4, -0.2) is 37.1 Å². The second-order valence-corrected chi connectivity index (χ2v) is 8.67. The first-order chi connectivity index (χ1) is 13.3. The summed E-state index contributed by atoms with van der Waals surface area (Å²) in [5.74, 6) is -0.615. The number of furan rings is 1. The minimum Gasteiger partial charge on any atom is -0.469 e. The van der Waals surface area contributed by atoms with Gasteiger partial charge in [0.15, 0.2) is 0 Å². The van der Waals surface area contributed by atoms with Crippen molar-refractivity contribution in [3.8, 4) is 0 Å². The highest BCUT2D eigenvalue weighted by Gasteiger charge is 2.30. The molecule has 2 heterocycles. The molecule has 1 atom stereocenters. The lowest BCUT2D eigenvalue weighted by Crippen LogP contribution is -2.42. The number of nitrogens with zero attached hydrogens (tertiary/aromatic N) is 1. The Kier molecular flexibility index (Phi) is 5.85. The van der Waals surface area contributed by atoms with Crippen LogP contribution in [0.2, 0.25) is 0 Å². The van der Waals surface area contributed by atoms with Crippen LogP contribution < -0.4 is 10.9 Å².